The molecule has 0 saturated heterocycles. The van der Waals surface area contributed by atoms with Gasteiger partial charge in [-0.15, -0.1) is 0 Å². The van der Waals surface area contributed by atoms with Gasteiger partial charge >= 0.3 is 0 Å². The molecule has 0 aliphatic carbocycles. The molecule has 2 aromatic rings. The van der Waals surface area contributed by atoms with E-state index in [0.29, 0.717) is 17.8 Å². The molecule has 1 aromatic carbocycles. The Morgan fingerprint density at radius 2 is 2.10 bits per heavy atom. The Morgan fingerprint density at radius 1 is 1.33 bits per heavy atom. The summed E-state index contributed by atoms with van der Waals surface area (Å²) < 4.78 is 18.5. The minimum Gasteiger partial charge on any atom is -0.494 e. The number of methoxy groups -OCH3 is 1. The van der Waals surface area contributed by atoms with Gasteiger partial charge in [0, 0.05) is 19.3 Å². The van der Waals surface area contributed by atoms with E-state index in [0.717, 1.165) is 5.69 Å². The molecule has 2 rings (SSSR count). The molecule has 0 spiro atoms. The summed E-state index contributed by atoms with van der Waals surface area (Å²) in [6, 6.07) is 9.93. The lowest BCUT2D eigenvalue weighted by molar-refractivity contribution is 0.0779. The second-order valence-electron chi connectivity index (χ2n) is 4.79. The number of carbonyl (C=O) groups excluding carboxylic acids is 1. The van der Waals surface area contributed by atoms with Crippen LogP contribution < -0.4 is 4.74 Å². The minimum atomic E-state index is -0.440. The summed E-state index contributed by atoms with van der Waals surface area (Å²) in [7, 11) is 3.08. The monoisotopic (exact) mass is 288 g/mol. The highest BCUT2D eigenvalue weighted by Gasteiger charge is 2.14. The standard InChI is InChI=1S/C16H17FN2O2/c1-11-5-4-6-14(18-11)16(20)19(2)10-12-7-8-15(21-3)13(17)9-12/h4-9H,10H2,1-3H3. The van der Waals surface area contributed by atoms with Crippen molar-refractivity contribution in [1.82, 2.24) is 9.88 Å². The van der Waals surface area contributed by atoms with Crippen LogP contribution in [0.25, 0.3) is 0 Å². The first-order valence-corrected chi connectivity index (χ1v) is 6.53. The molecule has 0 aliphatic heterocycles. The number of amides is 1. The van der Waals surface area contributed by atoms with Gasteiger partial charge < -0.3 is 9.64 Å². The van der Waals surface area contributed by atoms with Crippen LogP contribution in [0.1, 0.15) is 21.7 Å². The molecule has 21 heavy (non-hydrogen) atoms. The van der Waals surface area contributed by atoms with Gasteiger partial charge in [0.25, 0.3) is 5.91 Å². The largest absolute Gasteiger partial charge is 0.494 e. The molecular formula is C16H17FN2O2. The first-order valence-electron chi connectivity index (χ1n) is 6.53. The van der Waals surface area contributed by atoms with E-state index in [4.69, 9.17) is 4.74 Å². The molecule has 0 saturated carbocycles. The smallest absolute Gasteiger partial charge is 0.272 e. The second-order valence-corrected chi connectivity index (χ2v) is 4.79. The van der Waals surface area contributed by atoms with Gasteiger partial charge in [-0.25, -0.2) is 9.37 Å². The first kappa shape index (κ1) is 15.0. The van der Waals surface area contributed by atoms with Gasteiger partial charge in [0.05, 0.1) is 7.11 Å². The van der Waals surface area contributed by atoms with Gasteiger partial charge in [-0.2, -0.15) is 0 Å². The van der Waals surface area contributed by atoms with E-state index >= 15 is 0 Å². The van der Waals surface area contributed by atoms with Crippen molar-refractivity contribution in [2.75, 3.05) is 14.2 Å². The Hall–Kier alpha value is -2.43. The third-order valence-corrected chi connectivity index (χ3v) is 3.09. The molecule has 1 heterocycles. The maximum atomic E-state index is 13.6. The van der Waals surface area contributed by atoms with Crippen molar-refractivity contribution in [3.8, 4) is 5.75 Å². The molecule has 0 fully saturated rings. The van der Waals surface area contributed by atoms with Crippen molar-refractivity contribution in [2.45, 2.75) is 13.5 Å². The number of aryl methyl sites for hydroxylation is 1. The van der Waals surface area contributed by atoms with Gasteiger partial charge in [-0.3, -0.25) is 4.79 Å². The van der Waals surface area contributed by atoms with Gasteiger partial charge in [-0.05, 0) is 36.8 Å². The van der Waals surface area contributed by atoms with Crippen molar-refractivity contribution in [3.63, 3.8) is 0 Å². The number of rotatable bonds is 4. The molecule has 0 unspecified atom stereocenters. The minimum absolute atomic E-state index is 0.188. The molecule has 1 amide bonds. The van der Waals surface area contributed by atoms with Crippen LogP contribution in [0.3, 0.4) is 0 Å². The van der Waals surface area contributed by atoms with E-state index in [1.165, 1.54) is 18.1 Å². The van der Waals surface area contributed by atoms with E-state index in [1.807, 2.05) is 13.0 Å². The van der Waals surface area contributed by atoms with Gasteiger partial charge in [-0.1, -0.05) is 12.1 Å². The van der Waals surface area contributed by atoms with Gasteiger partial charge in [0.2, 0.25) is 0 Å². The highest BCUT2D eigenvalue weighted by atomic mass is 19.1. The van der Waals surface area contributed by atoms with Gasteiger partial charge in [0.1, 0.15) is 5.69 Å². The number of ether oxygens (including phenoxy) is 1. The number of hydrogen-bond donors (Lipinski definition) is 0. The van der Waals surface area contributed by atoms with Crippen LogP contribution in [0.15, 0.2) is 36.4 Å². The molecule has 0 aliphatic rings. The fraction of sp³-hybridized carbons (Fsp3) is 0.250. The van der Waals surface area contributed by atoms with Crippen molar-refractivity contribution in [3.05, 3.63) is 59.2 Å². The lowest BCUT2D eigenvalue weighted by Crippen LogP contribution is -2.27. The van der Waals surface area contributed by atoms with Crippen LogP contribution in [0, 0.1) is 12.7 Å². The fourth-order valence-corrected chi connectivity index (χ4v) is 2.01. The highest BCUT2D eigenvalue weighted by Crippen LogP contribution is 2.18. The van der Waals surface area contributed by atoms with E-state index in [2.05, 4.69) is 4.98 Å². The summed E-state index contributed by atoms with van der Waals surface area (Å²) in [6.07, 6.45) is 0. The number of halogens is 1. The quantitative estimate of drug-likeness (QED) is 0.869. The Kier molecular flexibility index (Phi) is 4.52. The molecule has 0 N–H and O–H groups in total. The number of nitrogens with zero attached hydrogens (tertiary/aromatic N) is 2. The number of pyridine rings is 1. The molecule has 1 aromatic heterocycles. The van der Waals surface area contributed by atoms with Crippen LogP contribution in [-0.4, -0.2) is 29.9 Å². The maximum absolute atomic E-state index is 13.6. The number of hydrogen-bond acceptors (Lipinski definition) is 3. The predicted molar refractivity (Wildman–Crippen MR) is 77.7 cm³/mol. The van der Waals surface area contributed by atoms with Crippen molar-refractivity contribution in [2.24, 2.45) is 0 Å². The summed E-state index contributed by atoms with van der Waals surface area (Å²) in [5, 5.41) is 0. The zero-order valence-electron chi connectivity index (χ0n) is 12.3. The van der Waals surface area contributed by atoms with Crippen LogP contribution in [-0.2, 0) is 6.54 Å². The maximum Gasteiger partial charge on any atom is 0.272 e. The summed E-state index contributed by atoms with van der Waals surface area (Å²) in [6.45, 7) is 2.13. The molecule has 0 bridgehead atoms. The number of benzene rings is 1. The summed E-state index contributed by atoms with van der Waals surface area (Å²) >= 11 is 0. The summed E-state index contributed by atoms with van der Waals surface area (Å²) in [4.78, 5) is 18.0. The summed E-state index contributed by atoms with van der Waals surface area (Å²) in [5.41, 5.74) is 1.85. The Balaban J connectivity index is 2.12. The first-order chi connectivity index (χ1) is 10.0. The van der Waals surface area contributed by atoms with Crippen LogP contribution in [0.5, 0.6) is 5.75 Å². The lowest BCUT2D eigenvalue weighted by Gasteiger charge is -2.17. The van der Waals surface area contributed by atoms with Crippen LogP contribution in [0.2, 0.25) is 0 Å². The number of carbonyl (C=O) groups is 1. The molecule has 4 nitrogen and oxygen atoms in total. The van der Waals surface area contributed by atoms with Crippen LogP contribution in [0.4, 0.5) is 4.39 Å². The van der Waals surface area contributed by atoms with Crippen molar-refractivity contribution < 1.29 is 13.9 Å². The van der Waals surface area contributed by atoms with Gasteiger partial charge in [0.15, 0.2) is 11.6 Å². The average molecular weight is 288 g/mol. The molecule has 0 atom stereocenters. The van der Waals surface area contributed by atoms with Crippen molar-refractivity contribution in [1.29, 1.82) is 0 Å². The lowest BCUT2D eigenvalue weighted by atomic mass is 10.2. The predicted octanol–water partition coefficient (Wildman–Crippen LogP) is 2.81. The van der Waals surface area contributed by atoms with Crippen LogP contribution >= 0.6 is 0 Å². The molecular weight excluding hydrogens is 271 g/mol. The van der Waals surface area contributed by atoms with E-state index in [9.17, 15) is 9.18 Å². The fourth-order valence-electron chi connectivity index (χ4n) is 2.01. The Morgan fingerprint density at radius 3 is 2.71 bits per heavy atom. The second kappa shape index (κ2) is 6.35. The average Bonchev–Trinajstić information content (AvgIpc) is 2.46. The van der Waals surface area contributed by atoms with E-state index in [1.54, 1.807) is 31.3 Å². The van der Waals surface area contributed by atoms with E-state index in [-0.39, 0.29) is 11.7 Å². The normalized spacial score (nSPS) is 10.3. The summed E-state index contributed by atoms with van der Waals surface area (Å²) in [5.74, 6) is -0.451. The topological polar surface area (TPSA) is 42.4 Å². The van der Waals surface area contributed by atoms with E-state index < -0.39 is 5.82 Å². The Labute approximate surface area is 123 Å². The number of aromatic nitrogens is 1. The molecule has 0 radical (unpaired) electrons. The highest BCUT2D eigenvalue weighted by molar-refractivity contribution is 5.92. The Bertz CT molecular complexity index is 658. The third kappa shape index (κ3) is 3.56. The molecule has 5 heteroatoms. The zero-order valence-corrected chi connectivity index (χ0v) is 12.3. The third-order valence-electron chi connectivity index (χ3n) is 3.09. The SMILES string of the molecule is COc1ccc(CN(C)C(=O)c2cccc(C)n2)cc1F. The van der Waals surface area contributed by atoms with Crippen molar-refractivity contribution >= 4 is 5.91 Å². The molecule has 110 valence electrons. The zero-order chi connectivity index (χ0) is 15.4.